The molecule has 0 saturated carbocycles. The Bertz CT molecular complexity index is 2360. The molecule has 1 N–H and O–H groups in total. The number of rotatable bonds is 7. The maximum absolute atomic E-state index is 11.7. The third-order valence-corrected chi connectivity index (χ3v) is 9.25. The molecule has 0 bridgehead atoms. The lowest BCUT2D eigenvalue weighted by molar-refractivity contribution is 0.0697. The van der Waals surface area contributed by atoms with E-state index in [2.05, 4.69) is 108 Å². The third-order valence-electron chi connectivity index (χ3n) is 9.25. The molecule has 7 nitrogen and oxygen atoms in total. The molecule has 244 valence electrons. The Morgan fingerprint density at radius 1 is 0.600 bits per heavy atom. The molecule has 1 aliphatic rings. The fourth-order valence-corrected chi connectivity index (χ4v) is 6.90. The van der Waals surface area contributed by atoms with E-state index in [1.807, 2.05) is 36.4 Å². The van der Waals surface area contributed by atoms with Crippen LogP contribution in [-0.2, 0) is 0 Å². The summed E-state index contributed by atoms with van der Waals surface area (Å²) in [5, 5.41) is 10.6. The maximum atomic E-state index is 11.7. The van der Waals surface area contributed by atoms with E-state index in [0.717, 1.165) is 73.0 Å². The van der Waals surface area contributed by atoms with Gasteiger partial charge < -0.3 is 24.4 Å². The fraction of sp³-hybridized carbons (Fsp3) is 0.0698. The molecule has 8 rings (SSSR count). The molecule has 0 amide bonds. The molecular weight excluding hydrogens is 622 g/mol. The molecule has 0 unspecified atom stereocenters. The lowest BCUT2D eigenvalue weighted by Crippen LogP contribution is -2.24. The monoisotopic (exact) mass is 655 g/mol. The largest absolute Gasteiger partial charge is 0.493 e. The first-order chi connectivity index (χ1) is 24.5. The van der Waals surface area contributed by atoms with E-state index < -0.39 is 5.97 Å². The first-order valence-electron chi connectivity index (χ1n) is 16.3. The number of hydrogen-bond acceptors (Lipinski definition) is 6. The standard InChI is InChI=1S/C43H33N3O4/c1-27-17-23-38(46-36-15-9-7-13-34(36)45(31-11-5-4-6-12-31)35-14-8-10-16-37(35)46)42-41(27)32(30-22-24-39(49-2)40(25-30)50-3)26-33(44-42)28-18-20-29(21-19-28)43(47)48/h4-26H,1-3H3,(H,47,48). The normalized spacial score (nSPS) is 12.0. The first-order valence-corrected chi connectivity index (χ1v) is 16.3. The van der Waals surface area contributed by atoms with Gasteiger partial charge in [-0.3, -0.25) is 0 Å². The minimum atomic E-state index is -0.973. The van der Waals surface area contributed by atoms with Crippen molar-refractivity contribution in [2.45, 2.75) is 6.92 Å². The topological polar surface area (TPSA) is 75.1 Å². The minimum absolute atomic E-state index is 0.218. The Balaban J connectivity index is 1.43. The van der Waals surface area contributed by atoms with E-state index in [0.29, 0.717) is 11.5 Å². The predicted molar refractivity (Wildman–Crippen MR) is 200 cm³/mol. The molecule has 6 aromatic carbocycles. The SMILES string of the molecule is COc1ccc(-c2cc(-c3ccc(C(=O)O)cc3)nc3c(N4c5ccccc5N(c5ccccc5)c5ccccc54)ccc(C)c23)cc1OC. The van der Waals surface area contributed by atoms with Gasteiger partial charge in [0.2, 0.25) is 0 Å². The Morgan fingerprint density at radius 3 is 1.78 bits per heavy atom. The number of carboxylic acid groups (broad SMARTS) is 1. The molecule has 50 heavy (non-hydrogen) atoms. The highest BCUT2D eigenvalue weighted by atomic mass is 16.5. The van der Waals surface area contributed by atoms with Crippen LogP contribution in [-0.4, -0.2) is 30.3 Å². The minimum Gasteiger partial charge on any atom is -0.493 e. The molecular formula is C43H33N3O4. The molecule has 7 heteroatoms. The molecule has 0 fully saturated rings. The first kappa shape index (κ1) is 30.7. The van der Waals surface area contributed by atoms with Crippen molar-refractivity contribution in [3.05, 3.63) is 151 Å². The van der Waals surface area contributed by atoms with Crippen LogP contribution in [0.4, 0.5) is 34.1 Å². The summed E-state index contributed by atoms with van der Waals surface area (Å²) in [6.07, 6.45) is 0. The average Bonchev–Trinajstić information content (AvgIpc) is 3.17. The van der Waals surface area contributed by atoms with E-state index >= 15 is 0 Å². The highest BCUT2D eigenvalue weighted by Crippen LogP contribution is 2.55. The summed E-state index contributed by atoms with van der Waals surface area (Å²) in [5.74, 6) is 0.288. The van der Waals surface area contributed by atoms with Crippen LogP contribution in [0, 0.1) is 6.92 Å². The molecule has 0 atom stereocenters. The Labute approximate surface area is 290 Å². The van der Waals surface area contributed by atoms with Gasteiger partial charge in [-0.25, -0.2) is 9.78 Å². The lowest BCUT2D eigenvalue weighted by atomic mass is 9.93. The van der Waals surface area contributed by atoms with E-state index in [-0.39, 0.29) is 5.56 Å². The van der Waals surface area contributed by atoms with Crippen molar-refractivity contribution in [1.29, 1.82) is 0 Å². The molecule has 0 spiro atoms. The van der Waals surface area contributed by atoms with E-state index in [1.54, 1.807) is 26.4 Å². The Hall–Kier alpha value is -6.60. The number of nitrogens with zero attached hydrogens (tertiary/aromatic N) is 3. The summed E-state index contributed by atoms with van der Waals surface area (Å²) in [5.41, 5.74) is 11.7. The van der Waals surface area contributed by atoms with Crippen molar-refractivity contribution in [1.82, 2.24) is 4.98 Å². The number of para-hydroxylation sites is 5. The number of carbonyl (C=O) groups is 1. The highest BCUT2D eigenvalue weighted by molar-refractivity contribution is 6.10. The van der Waals surface area contributed by atoms with Crippen molar-refractivity contribution < 1.29 is 19.4 Å². The number of fused-ring (bicyclic) bond motifs is 3. The average molecular weight is 656 g/mol. The third kappa shape index (κ3) is 5.07. The molecule has 0 saturated heterocycles. The van der Waals surface area contributed by atoms with Gasteiger partial charge in [0.15, 0.2) is 11.5 Å². The van der Waals surface area contributed by atoms with Crippen molar-refractivity contribution in [2.24, 2.45) is 0 Å². The fourth-order valence-electron chi connectivity index (χ4n) is 6.90. The van der Waals surface area contributed by atoms with E-state index in [9.17, 15) is 9.90 Å². The summed E-state index contributed by atoms with van der Waals surface area (Å²) in [4.78, 5) is 21.7. The summed E-state index contributed by atoms with van der Waals surface area (Å²) in [6.45, 7) is 2.11. The van der Waals surface area contributed by atoms with Crippen LogP contribution in [0.25, 0.3) is 33.3 Å². The van der Waals surface area contributed by atoms with Gasteiger partial charge in [0, 0.05) is 16.6 Å². The number of aromatic carboxylic acids is 1. The molecule has 0 aliphatic carbocycles. The van der Waals surface area contributed by atoms with Gasteiger partial charge in [0.1, 0.15) is 0 Å². The second-order valence-corrected chi connectivity index (χ2v) is 12.1. The van der Waals surface area contributed by atoms with Crippen LogP contribution >= 0.6 is 0 Å². The lowest BCUT2D eigenvalue weighted by Gasteiger charge is -2.40. The number of aromatic nitrogens is 1. The van der Waals surface area contributed by atoms with Crippen LogP contribution in [0.1, 0.15) is 15.9 Å². The van der Waals surface area contributed by atoms with Gasteiger partial charge in [-0.05, 0) is 96.4 Å². The van der Waals surface area contributed by atoms with Crippen LogP contribution in [0.5, 0.6) is 11.5 Å². The van der Waals surface area contributed by atoms with Crippen molar-refractivity contribution >= 4 is 51.0 Å². The van der Waals surface area contributed by atoms with Crippen molar-refractivity contribution in [3.63, 3.8) is 0 Å². The number of hydrogen-bond donors (Lipinski definition) is 1. The smallest absolute Gasteiger partial charge is 0.335 e. The second-order valence-electron chi connectivity index (χ2n) is 12.1. The molecule has 1 aliphatic heterocycles. The van der Waals surface area contributed by atoms with E-state index in [1.165, 1.54) is 0 Å². The zero-order valence-electron chi connectivity index (χ0n) is 27.8. The zero-order chi connectivity index (χ0) is 34.4. The van der Waals surface area contributed by atoms with Crippen molar-refractivity contribution in [2.75, 3.05) is 24.0 Å². The quantitative estimate of drug-likeness (QED) is 0.183. The Morgan fingerprint density at radius 2 is 1.18 bits per heavy atom. The predicted octanol–water partition coefficient (Wildman–Crippen LogP) is 10.8. The number of ether oxygens (including phenoxy) is 2. The number of benzene rings is 6. The molecule has 2 heterocycles. The number of methoxy groups -OCH3 is 2. The number of aryl methyl sites for hydroxylation is 1. The van der Waals surface area contributed by atoms with Crippen LogP contribution in [0.15, 0.2) is 140 Å². The number of carboxylic acids is 1. The maximum Gasteiger partial charge on any atom is 0.335 e. The molecule has 1 aromatic heterocycles. The number of anilines is 6. The summed E-state index contributed by atoms with van der Waals surface area (Å²) in [6, 6.07) is 46.5. The summed E-state index contributed by atoms with van der Waals surface area (Å²) < 4.78 is 11.3. The second kappa shape index (κ2) is 12.5. The van der Waals surface area contributed by atoms with Crippen LogP contribution in [0.2, 0.25) is 0 Å². The molecule has 0 radical (unpaired) electrons. The van der Waals surface area contributed by atoms with Crippen LogP contribution in [0.3, 0.4) is 0 Å². The van der Waals surface area contributed by atoms with E-state index in [4.69, 9.17) is 14.5 Å². The zero-order valence-corrected chi connectivity index (χ0v) is 27.8. The van der Waals surface area contributed by atoms with Crippen molar-refractivity contribution in [3.8, 4) is 33.9 Å². The van der Waals surface area contributed by atoms with Gasteiger partial charge in [-0.2, -0.15) is 0 Å². The highest BCUT2D eigenvalue weighted by Gasteiger charge is 2.31. The summed E-state index contributed by atoms with van der Waals surface area (Å²) in [7, 11) is 3.26. The van der Waals surface area contributed by atoms with Gasteiger partial charge in [0.25, 0.3) is 0 Å². The van der Waals surface area contributed by atoms with Gasteiger partial charge in [0.05, 0.1) is 59.4 Å². The Kier molecular flexibility index (Phi) is 7.65. The summed E-state index contributed by atoms with van der Waals surface area (Å²) >= 11 is 0. The number of pyridine rings is 1. The van der Waals surface area contributed by atoms with Gasteiger partial charge in [-0.15, -0.1) is 0 Å². The molecule has 7 aromatic rings. The van der Waals surface area contributed by atoms with Gasteiger partial charge in [-0.1, -0.05) is 66.7 Å². The van der Waals surface area contributed by atoms with Gasteiger partial charge >= 0.3 is 5.97 Å². The van der Waals surface area contributed by atoms with Crippen LogP contribution < -0.4 is 19.3 Å².